The Balaban J connectivity index is 1.39. The minimum atomic E-state index is -0.285. The summed E-state index contributed by atoms with van der Waals surface area (Å²) < 4.78 is 5.82. The van der Waals surface area contributed by atoms with Crippen LogP contribution in [0.1, 0.15) is 15.9 Å². The minimum absolute atomic E-state index is 0.0744. The molecule has 28 heavy (non-hydrogen) atoms. The largest absolute Gasteiger partial charge is 0.374 e. The van der Waals surface area contributed by atoms with Crippen LogP contribution in [0.3, 0.4) is 0 Å². The lowest BCUT2D eigenvalue weighted by Crippen LogP contribution is -2.47. The molecule has 1 unspecified atom stereocenters. The van der Waals surface area contributed by atoms with E-state index in [2.05, 4.69) is 27.3 Å². The first-order valence-corrected chi connectivity index (χ1v) is 9.47. The lowest BCUT2D eigenvalue weighted by Gasteiger charge is -2.33. The first-order chi connectivity index (χ1) is 13.7. The third-order valence-electron chi connectivity index (χ3n) is 4.96. The van der Waals surface area contributed by atoms with E-state index < -0.39 is 0 Å². The molecule has 2 heterocycles. The van der Waals surface area contributed by atoms with Crippen LogP contribution in [-0.4, -0.2) is 48.1 Å². The molecule has 1 aliphatic heterocycles. The highest BCUT2D eigenvalue weighted by molar-refractivity contribution is 6.05. The number of morpholine rings is 1. The molecule has 1 amide bonds. The van der Waals surface area contributed by atoms with Crippen molar-refractivity contribution in [3.63, 3.8) is 0 Å². The van der Waals surface area contributed by atoms with Gasteiger partial charge in [-0.1, -0.05) is 48.5 Å². The van der Waals surface area contributed by atoms with E-state index in [0.29, 0.717) is 24.2 Å². The molecular formula is C22H23N3O3. The second-order valence-corrected chi connectivity index (χ2v) is 7.02. The lowest BCUT2D eigenvalue weighted by atomic mass is 10.1. The van der Waals surface area contributed by atoms with Gasteiger partial charge in [0.2, 0.25) is 5.56 Å². The van der Waals surface area contributed by atoms with Crippen molar-refractivity contribution in [3.05, 3.63) is 82.1 Å². The summed E-state index contributed by atoms with van der Waals surface area (Å²) in [6, 6.07) is 19.0. The second kappa shape index (κ2) is 8.37. The first kappa shape index (κ1) is 18.4. The van der Waals surface area contributed by atoms with Gasteiger partial charge < -0.3 is 15.0 Å². The molecule has 2 aromatic carbocycles. The van der Waals surface area contributed by atoms with E-state index in [-0.39, 0.29) is 17.6 Å². The molecule has 0 bridgehead atoms. The molecule has 1 aliphatic rings. The Morgan fingerprint density at radius 3 is 2.79 bits per heavy atom. The van der Waals surface area contributed by atoms with Crippen molar-refractivity contribution in [2.45, 2.75) is 12.6 Å². The fourth-order valence-electron chi connectivity index (χ4n) is 3.58. The number of nitrogens with one attached hydrogen (secondary N) is 2. The van der Waals surface area contributed by atoms with Crippen LogP contribution < -0.4 is 10.9 Å². The van der Waals surface area contributed by atoms with Crippen molar-refractivity contribution in [1.82, 2.24) is 15.2 Å². The van der Waals surface area contributed by atoms with Crippen LogP contribution in [0.2, 0.25) is 0 Å². The van der Waals surface area contributed by atoms with Crippen molar-refractivity contribution >= 4 is 16.8 Å². The Morgan fingerprint density at radius 1 is 1.14 bits per heavy atom. The number of benzene rings is 2. The lowest BCUT2D eigenvalue weighted by molar-refractivity contribution is -0.0292. The molecule has 4 rings (SSSR count). The summed E-state index contributed by atoms with van der Waals surface area (Å²) in [5.41, 5.74) is 2.02. The van der Waals surface area contributed by atoms with E-state index in [1.807, 2.05) is 36.4 Å². The van der Waals surface area contributed by atoms with E-state index in [9.17, 15) is 9.59 Å². The zero-order valence-electron chi connectivity index (χ0n) is 15.6. The smallest absolute Gasteiger partial charge is 0.252 e. The first-order valence-electron chi connectivity index (χ1n) is 9.47. The van der Waals surface area contributed by atoms with Crippen LogP contribution in [0.15, 0.2) is 65.5 Å². The molecule has 0 saturated carbocycles. The standard InChI is InChI=1S/C22H23N3O3/c26-21-12-19(18-8-4-5-9-20(18)24-21)22(27)23-13-17-15-25(10-11-28-17)14-16-6-2-1-3-7-16/h1-9,12,17H,10-11,13-15H2,(H,23,27)(H,24,26). The molecule has 144 valence electrons. The molecular weight excluding hydrogens is 354 g/mol. The number of nitrogens with zero attached hydrogens (tertiary/aromatic N) is 1. The van der Waals surface area contributed by atoms with E-state index >= 15 is 0 Å². The van der Waals surface area contributed by atoms with Gasteiger partial charge in [-0.25, -0.2) is 0 Å². The van der Waals surface area contributed by atoms with E-state index in [4.69, 9.17) is 4.74 Å². The molecule has 0 aliphatic carbocycles. The Bertz CT molecular complexity index is 1020. The SMILES string of the molecule is O=C(NCC1CN(Cc2ccccc2)CCO1)c1cc(=O)[nH]c2ccccc12. The Labute approximate surface area is 163 Å². The maximum atomic E-state index is 12.7. The van der Waals surface area contributed by atoms with Gasteiger partial charge in [0.1, 0.15) is 0 Å². The predicted molar refractivity (Wildman–Crippen MR) is 108 cm³/mol. The number of amides is 1. The van der Waals surface area contributed by atoms with Crippen molar-refractivity contribution in [3.8, 4) is 0 Å². The highest BCUT2D eigenvalue weighted by Gasteiger charge is 2.21. The molecule has 6 nitrogen and oxygen atoms in total. The van der Waals surface area contributed by atoms with Gasteiger partial charge in [-0.15, -0.1) is 0 Å². The number of hydrogen-bond donors (Lipinski definition) is 2. The molecule has 1 fully saturated rings. The van der Waals surface area contributed by atoms with Crippen LogP contribution in [0.5, 0.6) is 0 Å². The molecule has 0 radical (unpaired) electrons. The molecule has 1 atom stereocenters. The number of hydrogen-bond acceptors (Lipinski definition) is 4. The second-order valence-electron chi connectivity index (χ2n) is 7.02. The van der Waals surface area contributed by atoms with E-state index in [1.165, 1.54) is 11.6 Å². The summed E-state index contributed by atoms with van der Waals surface area (Å²) in [6.45, 7) is 3.54. The van der Waals surface area contributed by atoms with Gasteiger partial charge in [0, 0.05) is 43.1 Å². The van der Waals surface area contributed by atoms with Gasteiger partial charge in [-0.05, 0) is 11.6 Å². The number of rotatable bonds is 5. The molecule has 0 spiro atoms. The monoisotopic (exact) mass is 377 g/mol. The van der Waals surface area contributed by atoms with Crippen LogP contribution >= 0.6 is 0 Å². The van der Waals surface area contributed by atoms with Crippen molar-refractivity contribution in [2.24, 2.45) is 0 Å². The summed E-state index contributed by atoms with van der Waals surface area (Å²) >= 11 is 0. The molecule has 1 saturated heterocycles. The number of para-hydroxylation sites is 1. The number of ether oxygens (including phenoxy) is 1. The Kier molecular flexibility index (Phi) is 5.50. The normalized spacial score (nSPS) is 17.5. The highest BCUT2D eigenvalue weighted by Crippen LogP contribution is 2.15. The Hall–Kier alpha value is -2.96. The fraction of sp³-hybridized carbons (Fsp3) is 0.273. The average Bonchev–Trinajstić information content (AvgIpc) is 2.72. The van der Waals surface area contributed by atoms with E-state index in [0.717, 1.165) is 25.0 Å². The zero-order valence-corrected chi connectivity index (χ0v) is 15.6. The quantitative estimate of drug-likeness (QED) is 0.715. The van der Waals surface area contributed by atoms with Crippen LogP contribution in [0.25, 0.3) is 10.9 Å². The number of carbonyl (C=O) groups is 1. The molecule has 1 aromatic heterocycles. The van der Waals surface area contributed by atoms with Crippen LogP contribution in [-0.2, 0) is 11.3 Å². The van der Waals surface area contributed by atoms with Gasteiger partial charge in [-0.3, -0.25) is 14.5 Å². The highest BCUT2D eigenvalue weighted by atomic mass is 16.5. The van der Waals surface area contributed by atoms with Gasteiger partial charge >= 0.3 is 0 Å². The third kappa shape index (κ3) is 4.30. The summed E-state index contributed by atoms with van der Waals surface area (Å²) in [6.07, 6.45) is -0.0744. The topological polar surface area (TPSA) is 74.4 Å². The minimum Gasteiger partial charge on any atom is -0.374 e. The van der Waals surface area contributed by atoms with Crippen LogP contribution in [0.4, 0.5) is 0 Å². The predicted octanol–water partition coefficient (Wildman–Crippen LogP) is 2.16. The van der Waals surface area contributed by atoms with Crippen molar-refractivity contribution in [2.75, 3.05) is 26.2 Å². The number of aromatic nitrogens is 1. The van der Waals surface area contributed by atoms with Gasteiger partial charge in [0.25, 0.3) is 5.91 Å². The zero-order chi connectivity index (χ0) is 19.3. The maximum Gasteiger partial charge on any atom is 0.252 e. The summed E-state index contributed by atoms with van der Waals surface area (Å²) in [5, 5.41) is 3.66. The number of carbonyl (C=O) groups excluding carboxylic acids is 1. The molecule has 2 N–H and O–H groups in total. The summed E-state index contributed by atoms with van der Waals surface area (Å²) in [5.74, 6) is -0.258. The molecule has 3 aromatic rings. The summed E-state index contributed by atoms with van der Waals surface area (Å²) in [4.78, 5) is 29.6. The average molecular weight is 377 g/mol. The van der Waals surface area contributed by atoms with Gasteiger partial charge in [0.05, 0.1) is 18.3 Å². The van der Waals surface area contributed by atoms with E-state index in [1.54, 1.807) is 6.07 Å². The number of H-pyrrole nitrogens is 1. The van der Waals surface area contributed by atoms with Crippen LogP contribution in [0, 0.1) is 0 Å². The van der Waals surface area contributed by atoms with Gasteiger partial charge in [-0.2, -0.15) is 0 Å². The van der Waals surface area contributed by atoms with Crippen molar-refractivity contribution < 1.29 is 9.53 Å². The van der Waals surface area contributed by atoms with Gasteiger partial charge in [0.15, 0.2) is 0 Å². The number of fused-ring (bicyclic) bond motifs is 1. The molecule has 6 heteroatoms. The fourth-order valence-corrected chi connectivity index (χ4v) is 3.58. The number of aromatic amines is 1. The third-order valence-corrected chi connectivity index (χ3v) is 4.96. The van der Waals surface area contributed by atoms with Crippen molar-refractivity contribution in [1.29, 1.82) is 0 Å². The Morgan fingerprint density at radius 2 is 1.93 bits per heavy atom. The summed E-state index contributed by atoms with van der Waals surface area (Å²) in [7, 11) is 0. The maximum absolute atomic E-state index is 12.7. The number of pyridine rings is 1.